The number of aromatic nitrogens is 5. The Kier molecular flexibility index (Phi) is 5.84. The van der Waals surface area contributed by atoms with Crippen LogP contribution in [0, 0.1) is 0 Å². The monoisotopic (exact) mass is 447 g/mol. The molecule has 170 valence electrons. The molecule has 2 unspecified atom stereocenters. The lowest BCUT2D eigenvalue weighted by Gasteiger charge is -2.25. The van der Waals surface area contributed by atoms with Crippen LogP contribution in [0.1, 0.15) is 42.1 Å². The first-order valence-electron chi connectivity index (χ1n) is 11.0. The van der Waals surface area contributed by atoms with Gasteiger partial charge in [0.25, 0.3) is 5.91 Å². The summed E-state index contributed by atoms with van der Waals surface area (Å²) in [6, 6.07) is 9.21. The Morgan fingerprint density at radius 3 is 3.00 bits per heavy atom. The van der Waals surface area contributed by atoms with Crippen molar-refractivity contribution in [1.29, 1.82) is 0 Å². The molecule has 1 aliphatic rings. The number of para-hydroxylation sites is 1. The number of carbonyl (C=O) groups excluding carboxylic acids is 1. The molecule has 1 fully saturated rings. The molecule has 3 aromatic heterocycles. The van der Waals surface area contributed by atoms with Crippen LogP contribution in [0.25, 0.3) is 22.1 Å². The molecule has 1 aromatic carbocycles. The molecule has 3 atom stereocenters. The first-order valence-corrected chi connectivity index (χ1v) is 11.0. The Labute approximate surface area is 189 Å². The lowest BCUT2D eigenvalue weighted by Crippen LogP contribution is -2.33. The fraction of sp³-hybridized carbons (Fsp3) is 0.348. The van der Waals surface area contributed by atoms with Gasteiger partial charge in [-0.15, -0.1) is 0 Å². The molecule has 10 heteroatoms. The summed E-state index contributed by atoms with van der Waals surface area (Å²) in [4.78, 5) is 33.4. The molecule has 4 heterocycles. The maximum Gasteiger partial charge on any atom is 0.270 e. The molecule has 10 nitrogen and oxygen atoms in total. The summed E-state index contributed by atoms with van der Waals surface area (Å²) in [5.74, 6) is 0.160. The van der Waals surface area contributed by atoms with Gasteiger partial charge in [0, 0.05) is 18.0 Å². The third-order valence-electron chi connectivity index (χ3n) is 5.71. The van der Waals surface area contributed by atoms with E-state index in [1.165, 1.54) is 6.33 Å². The van der Waals surface area contributed by atoms with Crippen molar-refractivity contribution < 1.29 is 14.6 Å². The second-order valence-electron chi connectivity index (χ2n) is 8.18. The van der Waals surface area contributed by atoms with Gasteiger partial charge in [-0.2, -0.15) is 0 Å². The van der Waals surface area contributed by atoms with E-state index in [1.807, 2.05) is 24.3 Å². The molecular formula is C23H25N7O3. The van der Waals surface area contributed by atoms with Crippen LogP contribution in [-0.4, -0.2) is 61.2 Å². The molecule has 4 aromatic rings. The Hall–Kier alpha value is -3.63. The van der Waals surface area contributed by atoms with Gasteiger partial charge in [0.05, 0.1) is 24.0 Å². The number of pyridine rings is 1. The molecule has 33 heavy (non-hydrogen) atoms. The number of fused-ring (bicyclic) bond motifs is 2. The number of nitrogens with one attached hydrogen (secondary N) is 3. The summed E-state index contributed by atoms with van der Waals surface area (Å²) >= 11 is 0. The quantitative estimate of drug-likeness (QED) is 0.337. The van der Waals surface area contributed by atoms with Gasteiger partial charge >= 0.3 is 0 Å². The second kappa shape index (κ2) is 9.08. The number of imidazole rings is 1. The van der Waals surface area contributed by atoms with E-state index in [0.29, 0.717) is 22.6 Å². The number of amides is 1. The highest BCUT2D eigenvalue weighted by Crippen LogP contribution is 2.34. The van der Waals surface area contributed by atoms with Crippen LogP contribution in [0.2, 0.25) is 0 Å². The van der Waals surface area contributed by atoms with Crippen molar-refractivity contribution in [1.82, 2.24) is 35.6 Å². The van der Waals surface area contributed by atoms with Gasteiger partial charge < -0.3 is 25.5 Å². The van der Waals surface area contributed by atoms with Crippen molar-refractivity contribution in [3.63, 3.8) is 0 Å². The highest BCUT2D eigenvalue weighted by Gasteiger charge is 2.32. The van der Waals surface area contributed by atoms with Gasteiger partial charge in [-0.1, -0.05) is 12.1 Å². The van der Waals surface area contributed by atoms with Gasteiger partial charge in [-0.25, -0.2) is 19.9 Å². The summed E-state index contributed by atoms with van der Waals surface area (Å²) in [5.41, 5.74) is 2.87. The second-order valence-corrected chi connectivity index (χ2v) is 8.18. The minimum atomic E-state index is -0.655. The number of benzene rings is 1. The Morgan fingerprint density at radius 2 is 2.18 bits per heavy atom. The standard InChI is InChI=1S/C23H25N7O3/c1-13(31)10-25-23(32)17-9-18(14-5-2-3-6-15(14)30-17)33-21(16-7-4-8-24-16)19-20-22(28-11-26-19)29-12-27-20/h2-3,5-6,9,11-13,16,21,24,31H,4,7-8,10H2,1H3,(H,25,32)(H,26,27,28,29)/t13?,16?,21-/m1/s1. The van der Waals surface area contributed by atoms with E-state index >= 15 is 0 Å². The molecule has 1 amide bonds. The maximum absolute atomic E-state index is 12.7. The minimum Gasteiger partial charge on any atom is -0.482 e. The van der Waals surface area contributed by atoms with Crippen LogP contribution in [-0.2, 0) is 0 Å². The van der Waals surface area contributed by atoms with Gasteiger partial charge in [0.15, 0.2) is 11.8 Å². The van der Waals surface area contributed by atoms with Crippen LogP contribution in [0.3, 0.4) is 0 Å². The number of aliphatic hydroxyl groups excluding tert-OH is 1. The van der Waals surface area contributed by atoms with E-state index in [0.717, 1.165) is 30.3 Å². The van der Waals surface area contributed by atoms with Crippen LogP contribution < -0.4 is 15.4 Å². The predicted molar refractivity (Wildman–Crippen MR) is 122 cm³/mol. The average Bonchev–Trinajstić information content (AvgIpc) is 3.53. The van der Waals surface area contributed by atoms with Gasteiger partial charge in [0.1, 0.15) is 29.0 Å². The molecule has 1 saturated heterocycles. The summed E-state index contributed by atoms with van der Waals surface area (Å²) in [5, 5.41) is 16.5. The SMILES string of the molecule is CC(O)CNC(=O)c1cc(O[C@@H](c2ncnc3nc[nH]c23)C2CCCN2)c2ccccc2n1. The Balaban J connectivity index is 1.57. The van der Waals surface area contributed by atoms with E-state index in [9.17, 15) is 9.90 Å². The van der Waals surface area contributed by atoms with Gasteiger partial charge in [-0.05, 0) is 38.4 Å². The number of nitrogens with zero attached hydrogens (tertiary/aromatic N) is 4. The van der Waals surface area contributed by atoms with Crippen LogP contribution in [0.15, 0.2) is 43.0 Å². The smallest absolute Gasteiger partial charge is 0.270 e. The number of aromatic amines is 1. The van der Waals surface area contributed by atoms with E-state index in [2.05, 4.69) is 35.6 Å². The highest BCUT2D eigenvalue weighted by molar-refractivity contribution is 5.97. The van der Waals surface area contributed by atoms with E-state index in [4.69, 9.17) is 4.74 Å². The summed E-state index contributed by atoms with van der Waals surface area (Å²) in [7, 11) is 0. The first-order chi connectivity index (χ1) is 16.1. The zero-order valence-electron chi connectivity index (χ0n) is 18.2. The van der Waals surface area contributed by atoms with Crippen molar-refractivity contribution in [3.8, 4) is 5.75 Å². The minimum absolute atomic E-state index is 0.0332. The molecule has 0 spiro atoms. The third kappa shape index (κ3) is 4.35. The van der Waals surface area contributed by atoms with Crippen molar-refractivity contribution in [2.45, 2.75) is 38.0 Å². The zero-order valence-corrected chi connectivity index (χ0v) is 18.2. The summed E-state index contributed by atoms with van der Waals surface area (Å²) in [6.07, 6.45) is 3.95. The average molecular weight is 447 g/mol. The summed E-state index contributed by atoms with van der Waals surface area (Å²) < 4.78 is 6.62. The number of H-pyrrole nitrogens is 1. The molecule has 5 rings (SSSR count). The Morgan fingerprint density at radius 1 is 1.30 bits per heavy atom. The Bertz CT molecular complexity index is 1280. The third-order valence-corrected chi connectivity index (χ3v) is 5.71. The van der Waals surface area contributed by atoms with Crippen molar-refractivity contribution in [3.05, 3.63) is 54.4 Å². The van der Waals surface area contributed by atoms with Crippen molar-refractivity contribution >= 4 is 28.0 Å². The molecule has 0 radical (unpaired) electrons. The molecular weight excluding hydrogens is 422 g/mol. The number of ether oxygens (including phenoxy) is 1. The molecule has 1 aliphatic heterocycles. The molecule has 0 bridgehead atoms. The first kappa shape index (κ1) is 21.2. The molecule has 0 aliphatic carbocycles. The lowest BCUT2D eigenvalue weighted by atomic mass is 10.0. The molecule has 0 saturated carbocycles. The van der Waals surface area contributed by atoms with Crippen LogP contribution >= 0.6 is 0 Å². The number of hydrogen-bond donors (Lipinski definition) is 4. The fourth-order valence-electron chi connectivity index (χ4n) is 4.12. The largest absolute Gasteiger partial charge is 0.482 e. The lowest BCUT2D eigenvalue weighted by molar-refractivity contribution is 0.0918. The topological polar surface area (TPSA) is 138 Å². The van der Waals surface area contributed by atoms with Crippen LogP contribution in [0.5, 0.6) is 5.75 Å². The van der Waals surface area contributed by atoms with E-state index < -0.39 is 12.2 Å². The number of hydrogen-bond acceptors (Lipinski definition) is 8. The van der Waals surface area contributed by atoms with E-state index in [-0.39, 0.29) is 24.2 Å². The van der Waals surface area contributed by atoms with Gasteiger partial charge in [-0.3, -0.25) is 4.79 Å². The summed E-state index contributed by atoms with van der Waals surface area (Å²) in [6.45, 7) is 2.64. The molecule has 4 N–H and O–H groups in total. The predicted octanol–water partition coefficient (Wildman–Crippen LogP) is 1.88. The van der Waals surface area contributed by atoms with Crippen LogP contribution in [0.4, 0.5) is 0 Å². The maximum atomic E-state index is 12.7. The van der Waals surface area contributed by atoms with Crippen molar-refractivity contribution in [2.24, 2.45) is 0 Å². The number of carbonyl (C=O) groups is 1. The fourth-order valence-corrected chi connectivity index (χ4v) is 4.12. The van der Waals surface area contributed by atoms with Crippen molar-refractivity contribution in [2.75, 3.05) is 13.1 Å². The normalized spacial score (nSPS) is 17.8. The highest BCUT2D eigenvalue weighted by atomic mass is 16.5. The number of rotatable bonds is 7. The van der Waals surface area contributed by atoms with E-state index in [1.54, 1.807) is 19.3 Å². The number of aliphatic hydroxyl groups is 1. The van der Waals surface area contributed by atoms with Gasteiger partial charge in [0.2, 0.25) is 0 Å². The zero-order chi connectivity index (χ0) is 22.8.